The molecule has 9 nitrogen and oxygen atoms in total. The lowest BCUT2D eigenvalue weighted by atomic mass is 10.0. The molecular weight excluding hydrogens is 446 g/mol. The van der Waals surface area contributed by atoms with Crippen LogP contribution in [0.25, 0.3) is 22.4 Å². The summed E-state index contributed by atoms with van der Waals surface area (Å²) in [5.74, 6) is 0.175. The van der Waals surface area contributed by atoms with Crippen LogP contribution >= 0.6 is 0 Å². The number of aryl methyl sites for hydroxylation is 1. The van der Waals surface area contributed by atoms with Crippen LogP contribution in [0, 0.1) is 6.92 Å². The molecule has 0 spiro atoms. The van der Waals surface area contributed by atoms with Crippen molar-refractivity contribution in [3.05, 3.63) is 41.7 Å². The number of nitrogens with zero attached hydrogens (tertiary/aromatic N) is 3. The Morgan fingerprint density at radius 3 is 2.71 bits per heavy atom. The van der Waals surface area contributed by atoms with Gasteiger partial charge in [0.05, 0.1) is 34.4 Å². The van der Waals surface area contributed by atoms with Crippen molar-refractivity contribution >= 4 is 28.8 Å². The summed E-state index contributed by atoms with van der Waals surface area (Å²) in [6.07, 6.45) is 3.45. The van der Waals surface area contributed by atoms with E-state index in [9.17, 15) is 9.59 Å². The molecule has 0 radical (unpaired) electrons. The summed E-state index contributed by atoms with van der Waals surface area (Å²) in [6, 6.07) is 5.95. The normalized spacial score (nSPS) is 18.1. The Bertz CT molecular complexity index is 1260. The van der Waals surface area contributed by atoms with Gasteiger partial charge in [-0.3, -0.25) is 4.98 Å². The van der Waals surface area contributed by atoms with E-state index in [1.54, 1.807) is 13.1 Å². The first kappa shape index (κ1) is 24.5. The van der Waals surface area contributed by atoms with E-state index in [-0.39, 0.29) is 6.61 Å². The zero-order valence-electron chi connectivity index (χ0n) is 21.2. The molecule has 3 heterocycles. The van der Waals surface area contributed by atoms with Crippen LogP contribution in [0.4, 0.5) is 10.5 Å². The molecule has 2 N–H and O–H groups in total. The molecule has 1 atom stereocenters. The lowest BCUT2D eigenvalue weighted by molar-refractivity contribution is 0.0470. The van der Waals surface area contributed by atoms with Crippen LogP contribution in [0.3, 0.4) is 0 Å². The molecule has 1 saturated heterocycles. The van der Waals surface area contributed by atoms with Gasteiger partial charge >= 0.3 is 12.1 Å². The van der Waals surface area contributed by atoms with E-state index >= 15 is 0 Å². The summed E-state index contributed by atoms with van der Waals surface area (Å²) in [6.45, 7) is 12.6. The number of hydrogen-bond acceptors (Lipinski definition) is 7. The largest absolute Gasteiger partial charge is 0.462 e. The standard InChI is InChI=1S/C26H33N5O4/c1-7-34-23(32)18-14-27-13-17(22-28-19-10-8-9-16(2)20(19)29-22)21(18)31-12-11-26(6,15-31)30-24(33)35-25(3,4)5/h8-10,13-14H,7,11-12,15H2,1-6H3,(H,28,29)(H,30,33)/t26-/m0/s1. The number of esters is 1. The van der Waals surface area contributed by atoms with Gasteiger partial charge in [-0.15, -0.1) is 0 Å². The quantitative estimate of drug-likeness (QED) is 0.515. The summed E-state index contributed by atoms with van der Waals surface area (Å²) in [7, 11) is 0. The monoisotopic (exact) mass is 479 g/mol. The second-order valence-corrected chi connectivity index (χ2v) is 10.2. The number of benzene rings is 1. The van der Waals surface area contributed by atoms with Crippen LogP contribution in [0.1, 0.15) is 57.0 Å². The number of fused-ring (bicyclic) bond motifs is 1. The number of aromatic amines is 1. The number of aromatic nitrogens is 3. The number of nitrogens with one attached hydrogen (secondary N) is 2. The molecule has 3 aromatic rings. The van der Waals surface area contributed by atoms with Gasteiger partial charge in [-0.1, -0.05) is 12.1 Å². The summed E-state index contributed by atoms with van der Waals surface area (Å²) in [5, 5.41) is 3.02. The van der Waals surface area contributed by atoms with Gasteiger partial charge < -0.3 is 24.7 Å². The van der Waals surface area contributed by atoms with Crippen molar-refractivity contribution in [2.24, 2.45) is 0 Å². The summed E-state index contributed by atoms with van der Waals surface area (Å²) >= 11 is 0. The molecule has 0 bridgehead atoms. The highest BCUT2D eigenvalue weighted by molar-refractivity contribution is 6.00. The number of anilines is 1. The zero-order chi connectivity index (χ0) is 25.4. The van der Waals surface area contributed by atoms with E-state index in [2.05, 4.69) is 20.2 Å². The first-order valence-electron chi connectivity index (χ1n) is 11.9. The second kappa shape index (κ2) is 9.20. The average Bonchev–Trinajstić information content (AvgIpc) is 3.36. The first-order valence-corrected chi connectivity index (χ1v) is 11.9. The minimum absolute atomic E-state index is 0.254. The molecule has 1 aromatic carbocycles. The molecule has 0 saturated carbocycles. The Kier molecular flexibility index (Phi) is 6.44. The predicted octanol–water partition coefficient (Wildman–Crippen LogP) is 4.60. The topological polar surface area (TPSA) is 109 Å². The Balaban J connectivity index is 1.73. The van der Waals surface area contributed by atoms with Crippen LogP contribution in [-0.2, 0) is 9.47 Å². The fourth-order valence-electron chi connectivity index (χ4n) is 4.43. The number of para-hydroxylation sites is 1. The van der Waals surface area contributed by atoms with E-state index < -0.39 is 23.2 Å². The van der Waals surface area contributed by atoms with Crippen molar-refractivity contribution in [1.82, 2.24) is 20.3 Å². The van der Waals surface area contributed by atoms with Gasteiger partial charge in [0.25, 0.3) is 0 Å². The lowest BCUT2D eigenvalue weighted by Gasteiger charge is -2.29. The van der Waals surface area contributed by atoms with Crippen LogP contribution in [0.2, 0.25) is 0 Å². The summed E-state index contributed by atoms with van der Waals surface area (Å²) < 4.78 is 10.8. The van der Waals surface area contributed by atoms with Gasteiger partial charge in [0.2, 0.25) is 0 Å². The number of imidazole rings is 1. The second-order valence-electron chi connectivity index (χ2n) is 10.2. The number of pyridine rings is 1. The maximum atomic E-state index is 12.9. The molecule has 1 aliphatic rings. The van der Waals surface area contributed by atoms with E-state index in [0.717, 1.165) is 16.6 Å². The molecule has 9 heteroatoms. The third-order valence-corrected chi connectivity index (χ3v) is 5.97. The molecular formula is C26H33N5O4. The SMILES string of the molecule is CCOC(=O)c1cncc(-c2nc3c(C)cccc3[nH]2)c1N1CC[C@](C)(NC(=O)OC(C)(C)C)C1. The maximum Gasteiger partial charge on any atom is 0.408 e. The molecule has 1 aliphatic heterocycles. The van der Waals surface area contributed by atoms with Crippen molar-refractivity contribution in [1.29, 1.82) is 0 Å². The number of hydrogen-bond donors (Lipinski definition) is 2. The molecule has 0 aliphatic carbocycles. The Hall–Kier alpha value is -3.62. The molecule has 2 aromatic heterocycles. The third kappa shape index (κ3) is 5.23. The summed E-state index contributed by atoms with van der Waals surface area (Å²) in [4.78, 5) is 40.0. The number of rotatable bonds is 5. The number of H-pyrrole nitrogens is 1. The smallest absolute Gasteiger partial charge is 0.408 e. The first-order chi connectivity index (χ1) is 16.5. The van der Waals surface area contributed by atoms with Crippen molar-refractivity contribution in [3.63, 3.8) is 0 Å². The van der Waals surface area contributed by atoms with Gasteiger partial charge in [0.15, 0.2) is 0 Å². The van der Waals surface area contributed by atoms with E-state index in [1.807, 2.05) is 52.8 Å². The fraction of sp³-hybridized carbons (Fsp3) is 0.462. The third-order valence-electron chi connectivity index (χ3n) is 5.97. The van der Waals surface area contributed by atoms with Gasteiger partial charge in [-0.05, 0) is 59.6 Å². The van der Waals surface area contributed by atoms with Gasteiger partial charge in [0, 0.05) is 25.5 Å². The summed E-state index contributed by atoms with van der Waals surface area (Å²) in [5.41, 5.74) is 3.45. The highest BCUT2D eigenvalue weighted by atomic mass is 16.6. The van der Waals surface area contributed by atoms with Crippen LogP contribution < -0.4 is 10.2 Å². The van der Waals surface area contributed by atoms with Crippen LogP contribution in [0.5, 0.6) is 0 Å². The predicted molar refractivity (Wildman–Crippen MR) is 135 cm³/mol. The number of ether oxygens (including phenoxy) is 2. The highest BCUT2D eigenvalue weighted by Gasteiger charge is 2.39. The van der Waals surface area contributed by atoms with Crippen LogP contribution in [-0.4, -0.2) is 57.9 Å². The average molecular weight is 480 g/mol. The van der Waals surface area contributed by atoms with Crippen molar-refractivity contribution in [3.8, 4) is 11.4 Å². The van der Waals surface area contributed by atoms with Crippen molar-refractivity contribution in [2.45, 2.75) is 59.1 Å². The van der Waals surface area contributed by atoms with Gasteiger partial charge in [-0.25, -0.2) is 14.6 Å². The van der Waals surface area contributed by atoms with Crippen molar-refractivity contribution < 1.29 is 19.1 Å². The minimum atomic E-state index is -0.590. The molecule has 0 unspecified atom stereocenters. The number of alkyl carbamates (subject to hydrolysis) is 1. The Labute approximate surface area is 205 Å². The zero-order valence-corrected chi connectivity index (χ0v) is 21.2. The van der Waals surface area contributed by atoms with E-state index in [0.29, 0.717) is 42.1 Å². The number of carbonyl (C=O) groups excluding carboxylic acids is 2. The molecule has 4 rings (SSSR count). The Morgan fingerprint density at radius 1 is 1.26 bits per heavy atom. The minimum Gasteiger partial charge on any atom is -0.462 e. The van der Waals surface area contributed by atoms with Gasteiger partial charge in [0.1, 0.15) is 17.0 Å². The van der Waals surface area contributed by atoms with Crippen molar-refractivity contribution in [2.75, 3.05) is 24.6 Å². The van der Waals surface area contributed by atoms with E-state index in [1.165, 1.54) is 6.20 Å². The van der Waals surface area contributed by atoms with Gasteiger partial charge in [-0.2, -0.15) is 0 Å². The lowest BCUT2D eigenvalue weighted by Crippen LogP contribution is -2.49. The molecule has 1 fully saturated rings. The molecule has 35 heavy (non-hydrogen) atoms. The number of carbonyl (C=O) groups is 2. The maximum absolute atomic E-state index is 12.9. The molecule has 186 valence electrons. The Morgan fingerprint density at radius 2 is 2.03 bits per heavy atom. The van der Waals surface area contributed by atoms with E-state index in [4.69, 9.17) is 14.5 Å². The highest BCUT2D eigenvalue weighted by Crippen LogP contribution is 2.37. The molecule has 1 amide bonds. The van der Waals surface area contributed by atoms with Crippen LogP contribution in [0.15, 0.2) is 30.6 Å². The fourth-order valence-corrected chi connectivity index (χ4v) is 4.43. The number of amides is 1.